The standard InChI is InChI=1S/C14H17ClN2O/c15-11-4-1-2-5-12(11)17-9-7-14(13(17)18)6-3-8-16-10-14/h1-2,4-5,16H,3,6-10H2/t14-/m0/s1. The summed E-state index contributed by atoms with van der Waals surface area (Å²) in [6.45, 7) is 2.62. The highest BCUT2D eigenvalue weighted by Gasteiger charge is 2.47. The van der Waals surface area contributed by atoms with Crippen LogP contribution in [0, 0.1) is 5.41 Å². The van der Waals surface area contributed by atoms with Crippen LogP contribution in [0.25, 0.3) is 0 Å². The largest absolute Gasteiger partial charge is 0.316 e. The van der Waals surface area contributed by atoms with E-state index in [2.05, 4.69) is 5.32 Å². The fourth-order valence-electron chi connectivity index (χ4n) is 3.08. The minimum Gasteiger partial charge on any atom is -0.316 e. The number of hydrogen-bond acceptors (Lipinski definition) is 2. The van der Waals surface area contributed by atoms with Crippen molar-refractivity contribution < 1.29 is 4.79 Å². The molecule has 3 nitrogen and oxygen atoms in total. The van der Waals surface area contributed by atoms with Gasteiger partial charge >= 0.3 is 0 Å². The van der Waals surface area contributed by atoms with Crippen molar-refractivity contribution in [2.45, 2.75) is 19.3 Å². The molecule has 2 aliphatic rings. The van der Waals surface area contributed by atoms with Crippen LogP contribution < -0.4 is 10.2 Å². The highest BCUT2D eigenvalue weighted by atomic mass is 35.5. The van der Waals surface area contributed by atoms with E-state index < -0.39 is 0 Å². The van der Waals surface area contributed by atoms with E-state index in [0.29, 0.717) is 5.02 Å². The van der Waals surface area contributed by atoms with Crippen LogP contribution in [0.3, 0.4) is 0 Å². The summed E-state index contributed by atoms with van der Waals surface area (Å²) in [7, 11) is 0. The molecule has 0 aliphatic carbocycles. The molecular weight excluding hydrogens is 248 g/mol. The molecule has 1 atom stereocenters. The van der Waals surface area contributed by atoms with Crippen molar-refractivity contribution in [2.75, 3.05) is 24.5 Å². The van der Waals surface area contributed by atoms with Gasteiger partial charge < -0.3 is 10.2 Å². The molecule has 1 spiro atoms. The number of piperidine rings is 1. The molecule has 2 heterocycles. The Morgan fingerprint density at radius 3 is 2.83 bits per heavy atom. The van der Waals surface area contributed by atoms with Gasteiger partial charge in [-0.15, -0.1) is 0 Å². The Balaban J connectivity index is 1.89. The molecule has 0 unspecified atom stereocenters. The summed E-state index contributed by atoms with van der Waals surface area (Å²) in [6.07, 6.45) is 3.02. The molecule has 2 aliphatic heterocycles. The Kier molecular flexibility index (Phi) is 3.04. The van der Waals surface area contributed by atoms with Crippen molar-refractivity contribution in [1.82, 2.24) is 5.32 Å². The number of carbonyl (C=O) groups excluding carboxylic acids is 1. The lowest BCUT2D eigenvalue weighted by molar-refractivity contribution is -0.126. The van der Waals surface area contributed by atoms with E-state index in [0.717, 1.165) is 44.6 Å². The van der Waals surface area contributed by atoms with Crippen LogP contribution in [0.4, 0.5) is 5.69 Å². The van der Waals surface area contributed by atoms with Crippen molar-refractivity contribution in [3.05, 3.63) is 29.3 Å². The number of nitrogens with one attached hydrogen (secondary N) is 1. The maximum absolute atomic E-state index is 12.7. The third-order valence-corrected chi connectivity index (χ3v) is 4.45. The van der Waals surface area contributed by atoms with Crippen molar-refractivity contribution in [3.63, 3.8) is 0 Å². The lowest BCUT2D eigenvalue weighted by Gasteiger charge is -2.32. The van der Waals surface area contributed by atoms with Gasteiger partial charge in [0.2, 0.25) is 5.91 Å². The molecule has 0 saturated carbocycles. The fourth-order valence-corrected chi connectivity index (χ4v) is 3.32. The van der Waals surface area contributed by atoms with Crippen LogP contribution in [0.1, 0.15) is 19.3 Å². The number of anilines is 1. The van der Waals surface area contributed by atoms with Gasteiger partial charge in [-0.25, -0.2) is 0 Å². The molecule has 1 aromatic carbocycles. The third-order valence-electron chi connectivity index (χ3n) is 4.13. The van der Waals surface area contributed by atoms with E-state index in [1.54, 1.807) is 0 Å². The summed E-state index contributed by atoms with van der Waals surface area (Å²) in [6, 6.07) is 7.59. The first-order chi connectivity index (χ1) is 8.73. The maximum Gasteiger partial charge on any atom is 0.234 e. The lowest BCUT2D eigenvalue weighted by Crippen LogP contribution is -2.45. The maximum atomic E-state index is 12.7. The van der Waals surface area contributed by atoms with Crippen LogP contribution in [-0.2, 0) is 4.79 Å². The molecule has 0 aromatic heterocycles. The average molecular weight is 265 g/mol. The summed E-state index contributed by atoms with van der Waals surface area (Å²) in [5, 5.41) is 4.01. The van der Waals surface area contributed by atoms with E-state index in [1.807, 2.05) is 29.2 Å². The van der Waals surface area contributed by atoms with Crippen LogP contribution in [-0.4, -0.2) is 25.5 Å². The SMILES string of the molecule is O=C1N(c2ccccc2Cl)CC[C@]12CCCNC2. The topological polar surface area (TPSA) is 32.3 Å². The second kappa shape index (κ2) is 4.56. The molecule has 0 bridgehead atoms. The summed E-state index contributed by atoms with van der Waals surface area (Å²) in [5.74, 6) is 0.239. The number of nitrogens with zero attached hydrogens (tertiary/aromatic N) is 1. The molecule has 1 amide bonds. The van der Waals surface area contributed by atoms with Gasteiger partial charge in [0.25, 0.3) is 0 Å². The van der Waals surface area contributed by atoms with Crippen LogP contribution in [0.15, 0.2) is 24.3 Å². The molecule has 2 fully saturated rings. The predicted molar refractivity (Wildman–Crippen MR) is 73.0 cm³/mol. The van der Waals surface area contributed by atoms with E-state index in [9.17, 15) is 4.79 Å². The van der Waals surface area contributed by atoms with Gasteiger partial charge in [-0.3, -0.25) is 4.79 Å². The third kappa shape index (κ3) is 1.82. The fraction of sp³-hybridized carbons (Fsp3) is 0.500. The molecule has 0 radical (unpaired) electrons. The molecule has 1 aromatic rings. The quantitative estimate of drug-likeness (QED) is 0.845. The zero-order valence-electron chi connectivity index (χ0n) is 10.3. The summed E-state index contributed by atoms with van der Waals surface area (Å²) in [5.41, 5.74) is 0.670. The first-order valence-corrected chi connectivity index (χ1v) is 6.88. The zero-order valence-corrected chi connectivity index (χ0v) is 11.0. The minimum atomic E-state index is -0.183. The summed E-state index contributed by atoms with van der Waals surface area (Å²) >= 11 is 6.19. The second-order valence-corrected chi connectivity index (χ2v) is 5.63. The second-order valence-electron chi connectivity index (χ2n) is 5.22. The number of amides is 1. The Labute approximate surface area is 112 Å². The smallest absolute Gasteiger partial charge is 0.234 e. The monoisotopic (exact) mass is 264 g/mol. The Morgan fingerprint density at radius 2 is 2.11 bits per heavy atom. The molecule has 96 valence electrons. The molecule has 1 N–H and O–H groups in total. The number of carbonyl (C=O) groups is 1. The molecular formula is C14H17ClN2O. The van der Waals surface area contributed by atoms with Gasteiger partial charge in [-0.1, -0.05) is 23.7 Å². The number of hydrogen-bond donors (Lipinski definition) is 1. The van der Waals surface area contributed by atoms with Gasteiger partial charge in [-0.05, 0) is 37.9 Å². The number of rotatable bonds is 1. The van der Waals surface area contributed by atoms with Crippen molar-refractivity contribution in [3.8, 4) is 0 Å². The van der Waals surface area contributed by atoms with Crippen LogP contribution >= 0.6 is 11.6 Å². The highest BCUT2D eigenvalue weighted by Crippen LogP contribution is 2.41. The Morgan fingerprint density at radius 1 is 1.28 bits per heavy atom. The number of para-hydroxylation sites is 1. The minimum absolute atomic E-state index is 0.183. The number of benzene rings is 1. The molecule has 4 heteroatoms. The van der Waals surface area contributed by atoms with E-state index in [1.165, 1.54) is 0 Å². The van der Waals surface area contributed by atoms with Gasteiger partial charge in [0.1, 0.15) is 0 Å². The number of halogens is 1. The summed E-state index contributed by atoms with van der Waals surface area (Å²) in [4.78, 5) is 14.5. The normalized spacial score (nSPS) is 28.1. The van der Waals surface area contributed by atoms with Gasteiger partial charge in [-0.2, -0.15) is 0 Å². The average Bonchev–Trinajstić information content (AvgIpc) is 2.69. The van der Waals surface area contributed by atoms with Gasteiger partial charge in [0, 0.05) is 13.1 Å². The predicted octanol–water partition coefficient (Wildman–Crippen LogP) is 2.45. The van der Waals surface area contributed by atoms with E-state index >= 15 is 0 Å². The molecule has 18 heavy (non-hydrogen) atoms. The van der Waals surface area contributed by atoms with Gasteiger partial charge in [0.05, 0.1) is 16.1 Å². The van der Waals surface area contributed by atoms with Crippen molar-refractivity contribution in [1.29, 1.82) is 0 Å². The lowest BCUT2D eigenvalue weighted by atomic mass is 9.79. The van der Waals surface area contributed by atoms with E-state index in [4.69, 9.17) is 11.6 Å². The summed E-state index contributed by atoms with van der Waals surface area (Å²) < 4.78 is 0. The van der Waals surface area contributed by atoms with Crippen molar-refractivity contribution >= 4 is 23.2 Å². The molecule has 3 rings (SSSR count). The zero-order chi connectivity index (χ0) is 12.6. The van der Waals surface area contributed by atoms with Crippen molar-refractivity contribution in [2.24, 2.45) is 5.41 Å². The van der Waals surface area contributed by atoms with Gasteiger partial charge in [0.15, 0.2) is 0 Å². The first kappa shape index (κ1) is 12.0. The molecule has 2 saturated heterocycles. The van der Waals surface area contributed by atoms with Crippen LogP contribution in [0.2, 0.25) is 5.02 Å². The van der Waals surface area contributed by atoms with E-state index in [-0.39, 0.29) is 11.3 Å². The Bertz CT molecular complexity index is 469. The first-order valence-electron chi connectivity index (χ1n) is 6.50. The van der Waals surface area contributed by atoms with Crippen LogP contribution in [0.5, 0.6) is 0 Å². The highest BCUT2D eigenvalue weighted by molar-refractivity contribution is 6.33. The Hall–Kier alpha value is -1.06.